The van der Waals surface area contributed by atoms with E-state index in [0.717, 1.165) is 10.7 Å². The van der Waals surface area contributed by atoms with Crippen LogP contribution in [0.2, 0.25) is 5.02 Å². The maximum Gasteiger partial charge on any atom is 0.245 e. The third kappa shape index (κ3) is 2.18. The Balaban J connectivity index is 2.25. The fourth-order valence-electron chi connectivity index (χ4n) is 2.03. The van der Waals surface area contributed by atoms with Crippen molar-refractivity contribution >= 4 is 28.1 Å². The molecule has 3 aromatic rings. The maximum atomic E-state index is 11.8. The van der Waals surface area contributed by atoms with Crippen LogP contribution in [0.15, 0.2) is 39.9 Å². The van der Waals surface area contributed by atoms with Crippen molar-refractivity contribution in [2.24, 2.45) is 0 Å². The smallest absolute Gasteiger partial charge is 0.245 e. The molecule has 0 spiro atoms. The van der Waals surface area contributed by atoms with Crippen LogP contribution in [0.25, 0.3) is 21.7 Å². The summed E-state index contributed by atoms with van der Waals surface area (Å²) in [5.74, 6) is 0. The molecule has 0 fully saturated rings. The Bertz CT molecular complexity index is 877. The van der Waals surface area contributed by atoms with Crippen LogP contribution < -0.4 is 15.8 Å². The van der Waals surface area contributed by atoms with Gasteiger partial charge in [0.1, 0.15) is 5.02 Å². The predicted molar refractivity (Wildman–Crippen MR) is 87.2 cm³/mol. The highest BCUT2D eigenvalue weighted by atomic mass is 35.5. The van der Waals surface area contributed by atoms with Gasteiger partial charge in [0.05, 0.1) is 16.1 Å². The van der Waals surface area contributed by atoms with E-state index in [1.807, 2.05) is 49.3 Å². The fraction of sp³-hybridized carbons (Fsp3) is 0.133. The molecule has 106 valence electrons. The summed E-state index contributed by atoms with van der Waals surface area (Å²) in [7, 11) is 3.75. The lowest BCUT2D eigenvalue weighted by Crippen LogP contribution is -2.33. The molecule has 1 aromatic heterocycles. The molecular weight excluding hydrogens is 308 g/mol. The Morgan fingerprint density at radius 1 is 1.10 bits per heavy atom. The second kappa shape index (κ2) is 5.09. The molecule has 0 unspecified atom stereocenters. The van der Waals surface area contributed by atoms with Gasteiger partial charge in [0.2, 0.25) is 10.9 Å². The molecule has 0 aliphatic heterocycles. The lowest BCUT2D eigenvalue weighted by atomic mass is 10.0. The van der Waals surface area contributed by atoms with E-state index >= 15 is 0 Å². The Hall–Kier alpha value is -1.98. The van der Waals surface area contributed by atoms with Gasteiger partial charge in [-0.15, -0.1) is 0 Å². The van der Waals surface area contributed by atoms with Gasteiger partial charge in [-0.3, -0.25) is 9.59 Å². The van der Waals surface area contributed by atoms with Crippen LogP contribution in [0.5, 0.6) is 0 Å². The standard InChI is InChI=1S/C15H11ClN2O2S/c1-18(2)15-17-11(8-6-4-3-5-7-8)14(21-15)9-10(16)13(20)12(9)19/h3-7H,1-2H3. The molecule has 0 saturated carbocycles. The molecule has 0 radical (unpaired) electrons. The zero-order valence-electron chi connectivity index (χ0n) is 11.4. The summed E-state index contributed by atoms with van der Waals surface area (Å²) in [5.41, 5.74) is 0.696. The number of thiazole rings is 1. The summed E-state index contributed by atoms with van der Waals surface area (Å²) in [6, 6.07) is 9.54. The highest BCUT2D eigenvalue weighted by Crippen LogP contribution is 2.40. The summed E-state index contributed by atoms with van der Waals surface area (Å²) in [5, 5.41) is 0.763. The van der Waals surface area contributed by atoms with E-state index in [9.17, 15) is 9.59 Å². The average Bonchev–Trinajstić information content (AvgIpc) is 2.93. The van der Waals surface area contributed by atoms with E-state index in [4.69, 9.17) is 11.6 Å². The lowest BCUT2D eigenvalue weighted by Gasteiger charge is -2.05. The average molecular weight is 319 g/mol. The number of benzene rings is 1. The van der Waals surface area contributed by atoms with Gasteiger partial charge in [-0.25, -0.2) is 4.98 Å². The Morgan fingerprint density at radius 2 is 1.76 bits per heavy atom. The number of hydrogen-bond donors (Lipinski definition) is 0. The third-order valence-corrected chi connectivity index (χ3v) is 4.73. The van der Waals surface area contributed by atoms with Crippen molar-refractivity contribution in [3.05, 3.63) is 55.8 Å². The van der Waals surface area contributed by atoms with Gasteiger partial charge in [0, 0.05) is 19.7 Å². The highest BCUT2D eigenvalue weighted by Gasteiger charge is 2.26. The van der Waals surface area contributed by atoms with Crippen molar-refractivity contribution in [2.45, 2.75) is 0 Å². The largest absolute Gasteiger partial charge is 0.354 e. The van der Waals surface area contributed by atoms with Crippen molar-refractivity contribution in [3.8, 4) is 21.7 Å². The first-order chi connectivity index (χ1) is 10.0. The summed E-state index contributed by atoms with van der Waals surface area (Å²) in [6.45, 7) is 0. The maximum absolute atomic E-state index is 11.8. The van der Waals surface area contributed by atoms with Crippen LogP contribution >= 0.6 is 22.9 Å². The van der Waals surface area contributed by atoms with Gasteiger partial charge in [-0.1, -0.05) is 53.3 Å². The van der Waals surface area contributed by atoms with Crippen LogP contribution in [-0.2, 0) is 0 Å². The molecule has 0 amide bonds. The summed E-state index contributed by atoms with van der Waals surface area (Å²) in [6.07, 6.45) is 0. The molecule has 0 aliphatic rings. The number of anilines is 1. The molecule has 1 heterocycles. The van der Waals surface area contributed by atoms with E-state index in [0.29, 0.717) is 10.6 Å². The Morgan fingerprint density at radius 3 is 2.33 bits per heavy atom. The molecular formula is C15H11ClN2O2S. The number of nitrogens with zero attached hydrogens (tertiary/aromatic N) is 2. The second-order valence-electron chi connectivity index (χ2n) is 4.78. The zero-order valence-corrected chi connectivity index (χ0v) is 13.0. The van der Waals surface area contributed by atoms with Crippen molar-refractivity contribution < 1.29 is 0 Å². The number of halogens is 1. The lowest BCUT2D eigenvalue weighted by molar-refractivity contribution is 1.11. The van der Waals surface area contributed by atoms with E-state index in [1.165, 1.54) is 11.3 Å². The van der Waals surface area contributed by atoms with Crippen LogP contribution in [0, 0.1) is 0 Å². The Kier molecular flexibility index (Phi) is 3.39. The first kappa shape index (κ1) is 14.0. The number of rotatable bonds is 3. The summed E-state index contributed by atoms with van der Waals surface area (Å²) >= 11 is 7.27. The predicted octanol–water partition coefficient (Wildman–Crippen LogP) is 2.79. The SMILES string of the molecule is CN(C)c1nc(-c2ccccc2)c(-c2c(Cl)c(=O)c2=O)s1. The normalized spacial score (nSPS) is 11.0. The number of hydrogen-bond acceptors (Lipinski definition) is 5. The molecule has 0 aliphatic carbocycles. The number of aromatic nitrogens is 1. The topological polar surface area (TPSA) is 50.3 Å². The van der Waals surface area contributed by atoms with Crippen molar-refractivity contribution in [1.29, 1.82) is 0 Å². The van der Waals surface area contributed by atoms with Crippen LogP contribution in [0.4, 0.5) is 5.13 Å². The minimum Gasteiger partial charge on any atom is -0.354 e. The molecule has 0 N–H and O–H groups in total. The fourth-order valence-corrected chi connectivity index (χ4v) is 3.41. The zero-order chi connectivity index (χ0) is 15.1. The summed E-state index contributed by atoms with van der Waals surface area (Å²) < 4.78 is 0. The molecule has 6 heteroatoms. The monoisotopic (exact) mass is 318 g/mol. The van der Waals surface area contributed by atoms with Crippen molar-refractivity contribution in [3.63, 3.8) is 0 Å². The van der Waals surface area contributed by atoms with Gasteiger partial charge in [-0.2, -0.15) is 0 Å². The van der Waals surface area contributed by atoms with Gasteiger partial charge < -0.3 is 4.90 Å². The first-order valence-corrected chi connectivity index (χ1v) is 7.43. The third-order valence-electron chi connectivity index (χ3n) is 3.12. The van der Waals surface area contributed by atoms with Crippen LogP contribution in [0.1, 0.15) is 0 Å². The molecule has 0 bridgehead atoms. The molecule has 2 aromatic carbocycles. The van der Waals surface area contributed by atoms with E-state index in [2.05, 4.69) is 4.98 Å². The Labute approximate surface area is 130 Å². The molecule has 21 heavy (non-hydrogen) atoms. The minimum atomic E-state index is -0.620. The van der Waals surface area contributed by atoms with Gasteiger partial charge >= 0.3 is 0 Å². The molecule has 0 atom stereocenters. The van der Waals surface area contributed by atoms with Crippen LogP contribution in [0.3, 0.4) is 0 Å². The van der Waals surface area contributed by atoms with Gasteiger partial charge in [0.15, 0.2) is 5.13 Å². The van der Waals surface area contributed by atoms with Gasteiger partial charge in [0.25, 0.3) is 0 Å². The van der Waals surface area contributed by atoms with Crippen LogP contribution in [-0.4, -0.2) is 19.1 Å². The van der Waals surface area contributed by atoms with E-state index in [1.54, 1.807) is 0 Å². The second-order valence-corrected chi connectivity index (χ2v) is 6.14. The van der Waals surface area contributed by atoms with Crippen molar-refractivity contribution in [2.75, 3.05) is 19.0 Å². The first-order valence-electron chi connectivity index (χ1n) is 6.23. The molecule has 0 saturated heterocycles. The quantitative estimate of drug-likeness (QED) is 0.697. The molecule has 3 rings (SSSR count). The van der Waals surface area contributed by atoms with Gasteiger partial charge in [-0.05, 0) is 0 Å². The molecule has 4 nitrogen and oxygen atoms in total. The minimum absolute atomic E-state index is 0.00568. The van der Waals surface area contributed by atoms with Crippen molar-refractivity contribution in [1.82, 2.24) is 4.98 Å². The van der Waals surface area contributed by atoms with E-state index < -0.39 is 10.9 Å². The highest BCUT2D eigenvalue weighted by molar-refractivity contribution is 7.19. The summed E-state index contributed by atoms with van der Waals surface area (Å²) in [4.78, 5) is 30.3. The van der Waals surface area contributed by atoms with E-state index in [-0.39, 0.29) is 10.6 Å².